The molecule has 0 saturated carbocycles. The predicted octanol–water partition coefficient (Wildman–Crippen LogP) is 4.58. The van der Waals surface area contributed by atoms with Crippen LogP contribution in [0.25, 0.3) is 0 Å². The zero-order valence-electron chi connectivity index (χ0n) is 7.98. The largest absolute Gasteiger partial charge is 0.0827 e. The molecule has 0 saturated heterocycles. The number of benzene rings is 1. The van der Waals surface area contributed by atoms with E-state index >= 15 is 0 Å². The molecule has 0 spiro atoms. The molecular formula is C11H14Cl2. The minimum atomic E-state index is 0.634. The normalized spacial score (nSPS) is 12.9. The van der Waals surface area contributed by atoms with E-state index in [4.69, 9.17) is 23.2 Å². The van der Waals surface area contributed by atoms with Crippen LogP contribution in [0.4, 0.5) is 0 Å². The van der Waals surface area contributed by atoms with Crippen molar-refractivity contribution in [3.63, 3.8) is 0 Å². The molecule has 1 aromatic rings. The first-order valence-corrected chi connectivity index (χ1v) is 5.33. The molecule has 1 rings (SSSR count). The Morgan fingerprint density at radius 3 is 2.46 bits per heavy atom. The molecule has 0 nitrogen and oxygen atoms in total. The fraction of sp³-hybridized carbons (Fsp3) is 0.455. The van der Waals surface area contributed by atoms with Crippen LogP contribution < -0.4 is 0 Å². The molecule has 13 heavy (non-hydrogen) atoms. The summed E-state index contributed by atoms with van der Waals surface area (Å²) in [5.41, 5.74) is 1.27. The van der Waals surface area contributed by atoms with Gasteiger partial charge in [-0.05, 0) is 30.0 Å². The molecule has 2 heteroatoms. The summed E-state index contributed by atoms with van der Waals surface area (Å²) in [5.74, 6) is 0.706. The number of hydrogen-bond donors (Lipinski definition) is 0. The number of hydrogen-bond acceptors (Lipinski definition) is 0. The lowest BCUT2D eigenvalue weighted by atomic mass is 9.99. The smallest absolute Gasteiger partial charge is 0.0595 e. The van der Waals surface area contributed by atoms with Gasteiger partial charge in [-0.25, -0.2) is 0 Å². The molecule has 0 N–H and O–H groups in total. The molecule has 1 aromatic carbocycles. The predicted molar refractivity (Wildman–Crippen MR) is 59.6 cm³/mol. The van der Waals surface area contributed by atoms with Crippen molar-refractivity contribution < 1.29 is 0 Å². The molecule has 0 unspecified atom stereocenters. The number of halogens is 2. The second-order valence-corrected chi connectivity index (χ2v) is 4.28. The highest BCUT2D eigenvalue weighted by molar-refractivity contribution is 6.42. The molecular weight excluding hydrogens is 203 g/mol. The first kappa shape index (κ1) is 10.9. The summed E-state index contributed by atoms with van der Waals surface area (Å²) in [4.78, 5) is 0. The van der Waals surface area contributed by atoms with Crippen molar-refractivity contribution >= 4 is 23.2 Å². The summed E-state index contributed by atoms with van der Waals surface area (Å²) >= 11 is 11.7. The van der Waals surface area contributed by atoms with Crippen LogP contribution in [-0.4, -0.2) is 0 Å². The summed E-state index contributed by atoms with van der Waals surface area (Å²) < 4.78 is 0. The summed E-state index contributed by atoms with van der Waals surface area (Å²) in [6, 6.07) is 5.86. The molecule has 72 valence electrons. The Morgan fingerprint density at radius 1 is 1.23 bits per heavy atom. The topological polar surface area (TPSA) is 0 Å². The van der Waals surface area contributed by atoms with Crippen LogP contribution in [0.2, 0.25) is 10.0 Å². The van der Waals surface area contributed by atoms with E-state index < -0.39 is 0 Å². The molecule has 0 amide bonds. The van der Waals surface area contributed by atoms with Gasteiger partial charge in [0, 0.05) is 0 Å². The van der Waals surface area contributed by atoms with Crippen molar-refractivity contribution in [1.29, 1.82) is 0 Å². The zero-order chi connectivity index (χ0) is 9.84. The molecule has 0 bridgehead atoms. The van der Waals surface area contributed by atoms with Crippen molar-refractivity contribution in [2.45, 2.75) is 26.7 Å². The van der Waals surface area contributed by atoms with Crippen molar-refractivity contribution in [3.8, 4) is 0 Å². The Bertz CT molecular complexity index is 281. The first-order chi connectivity index (χ1) is 6.13. The number of rotatable bonds is 3. The Hall–Kier alpha value is -0.200. The fourth-order valence-electron chi connectivity index (χ4n) is 1.21. The van der Waals surface area contributed by atoms with Crippen LogP contribution in [0.5, 0.6) is 0 Å². The van der Waals surface area contributed by atoms with Crippen molar-refractivity contribution in [2.75, 3.05) is 0 Å². The molecule has 0 heterocycles. The Labute approximate surface area is 89.9 Å². The third-order valence-corrected chi connectivity index (χ3v) is 3.00. The van der Waals surface area contributed by atoms with Gasteiger partial charge in [0.25, 0.3) is 0 Å². The van der Waals surface area contributed by atoms with Gasteiger partial charge in [0.05, 0.1) is 10.0 Å². The van der Waals surface area contributed by atoms with E-state index in [1.54, 1.807) is 0 Å². The van der Waals surface area contributed by atoms with Gasteiger partial charge in [-0.1, -0.05) is 49.5 Å². The Morgan fingerprint density at radius 2 is 1.92 bits per heavy atom. The Kier molecular flexibility index (Phi) is 4.08. The molecule has 0 aromatic heterocycles. The zero-order valence-corrected chi connectivity index (χ0v) is 9.49. The lowest BCUT2D eigenvalue weighted by molar-refractivity contribution is 0.560. The second-order valence-electron chi connectivity index (χ2n) is 3.47. The van der Waals surface area contributed by atoms with E-state index in [9.17, 15) is 0 Å². The SMILES string of the molecule is CC[C@H](C)Cc1ccc(Cl)c(Cl)c1. The van der Waals surface area contributed by atoms with Gasteiger partial charge in [0.1, 0.15) is 0 Å². The second kappa shape index (κ2) is 4.88. The Balaban J connectivity index is 2.73. The van der Waals surface area contributed by atoms with E-state index in [0.717, 1.165) is 6.42 Å². The summed E-state index contributed by atoms with van der Waals surface area (Å²) in [7, 11) is 0. The van der Waals surface area contributed by atoms with Crippen molar-refractivity contribution in [3.05, 3.63) is 33.8 Å². The summed E-state index contributed by atoms with van der Waals surface area (Å²) in [5, 5.41) is 1.29. The maximum absolute atomic E-state index is 5.91. The van der Waals surface area contributed by atoms with E-state index in [1.807, 2.05) is 18.2 Å². The van der Waals surface area contributed by atoms with Gasteiger partial charge in [-0.2, -0.15) is 0 Å². The third-order valence-electron chi connectivity index (χ3n) is 2.27. The lowest BCUT2D eigenvalue weighted by Gasteiger charge is -2.08. The van der Waals surface area contributed by atoms with Crippen LogP contribution in [0, 0.1) is 5.92 Å². The average molecular weight is 217 g/mol. The van der Waals surface area contributed by atoms with Crippen LogP contribution in [0.15, 0.2) is 18.2 Å². The fourth-order valence-corrected chi connectivity index (χ4v) is 1.53. The highest BCUT2D eigenvalue weighted by atomic mass is 35.5. The van der Waals surface area contributed by atoms with Gasteiger partial charge in [0.15, 0.2) is 0 Å². The van der Waals surface area contributed by atoms with Crippen LogP contribution in [-0.2, 0) is 6.42 Å². The van der Waals surface area contributed by atoms with Gasteiger partial charge in [0.2, 0.25) is 0 Å². The molecule has 1 atom stereocenters. The highest BCUT2D eigenvalue weighted by Crippen LogP contribution is 2.24. The van der Waals surface area contributed by atoms with Gasteiger partial charge >= 0.3 is 0 Å². The molecule has 0 aliphatic carbocycles. The maximum Gasteiger partial charge on any atom is 0.0595 e. The minimum absolute atomic E-state index is 0.634. The van der Waals surface area contributed by atoms with Gasteiger partial charge in [-0.15, -0.1) is 0 Å². The van der Waals surface area contributed by atoms with Crippen molar-refractivity contribution in [1.82, 2.24) is 0 Å². The monoisotopic (exact) mass is 216 g/mol. The highest BCUT2D eigenvalue weighted by Gasteiger charge is 2.03. The van der Waals surface area contributed by atoms with Crippen molar-refractivity contribution in [2.24, 2.45) is 5.92 Å². The molecule has 0 fully saturated rings. The quantitative estimate of drug-likeness (QED) is 0.694. The standard InChI is InChI=1S/C11H14Cl2/c1-3-8(2)6-9-4-5-10(12)11(13)7-9/h4-5,7-8H,3,6H2,1-2H3/t8-/m0/s1. The average Bonchev–Trinajstić information content (AvgIpc) is 2.11. The summed E-state index contributed by atoms with van der Waals surface area (Å²) in [6.07, 6.45) is 2.27. The molecule has 0 aliphatic heterocycles. The van der Waals surface area contributed by atoms with Crippen LogP contribution in [0.3, 0.4) is 0 Å². The van der Waals surface area contributed by atoms with Crippen LogP contribution >= 0.6 is 23.2 Å². The minimum Gasteiger partial charge on any atom is -0.0827 e. The van der Waals surface area contributed by atoms with E-state index in [2.05, 4.69) is 13.8 Å². The van der Waals surface area contributed by atoms with Crippen LogP contribution in [0.1, 0.15) is 25.8 Å². The summed E-state index contributed by atoms with van der Waals surface area (Å²) in [6.45, 7) is 4.44. The van der Waals surface area contributed by atoms with E-state index in [1.165, 1.54) is 12.0 Å². The van der Waals surface area contributed by atoms with E-state index in [0.29, 0.717) is 16.0 Å². The third kappa shape index (κ3) is 3.21. The van der Waals surface area contributed by atoms with Gasteiger partial charge < -0.3 is 0 Å². The molecule has 0 aliphatic rings. The lowest BCUT2D eigenvalue weighted by Crippen LogP contribution is -1.97. The maximum atomic E-state index is 5.91. The van der Waals surface area contributed by atoms with E-state index in [-0.39, 0.29) is 0 Å². The first-order valence-electron chi connectivity index (χ1n) is 4.57. The molecule has 0 radical (unpaired) electrons. The van der Waals surface area contributed by atoms with Gasteiger partial charge in [-0.3, -0.25) is 0 Å².